The largest absolute Gasteiger partial charge is 0.394 e. The van der Waals surface area contributed by atoms with Crippen LogP contribution in [0.3, 0.4) is 0 Å². The highest BCUT2D eigenvalue weighted by Gasteiger charge is 2.39. The summed E-state index contributed by atoms with van der Waals surface area (Å²) < 4.78 is 6.13. The number of likely N-dealkylation sites (N-methyl/N-ethyl adjacent to an activating group) is 1. The molecule has 0 aromatic carbocycles. The molecule has 1 aliphatic carbocycles. The van der Waals surface area contributed by atoms with Crippen molar-refractivity contribution in [2.24, 2.45) is 5.41 Å². The van der Waals surface area contributed by atoms with Crippen molar-refractivity contribution in [3.8, 4) is 0 Å². The van der Waals surface area contributed by atoms with Crippen molar-refractivity contribution in [3.05, 3.63) is 22.9 Å². The molecule has 26 heavy (non-hydrogen) atoms. The maximum absolute atomic E-state index is 12.4. The third-order valence-corrected chi connectivity index (χ3v) is 6.24. The zero-order valence-corrected chi connectivity index (χ0v) is 16.0. The molecule has 1 saturated heterocycles. The number of pyridine rings is 1. The van der Waals surface area contributed by atoms with E-state index in [1.807, 2.05) is 13.0 Å². The first kappa shape index (κ1) is 17.7. The number of piperidine rings is 1. The molecule has 1 saturated carbocycles. The van der Waals surface area contributed by atoms with E-state index < -0.39 is 0 Å². The number of rotatable bonds is 5. The molecule has 0 unspecified atom stereocenters. The van der Waals surface area contributed by atoms with Crippen LogP contribution in [0.25, 0.3) is 0 Å². The number of aromatic nitrogens is 1. The van der Waals surface area contributed by atoms with E-state index in [0.717, 1.165) is 43.9 Å². The summed E-state index contributed by atoms with van der Waals surface area (Å²) in [6.45, 7) is 6.94. The van der Waals surface area contributed by atoms with Crippen molar-refractivity contribution in [3.63, 3.8) is 0 Å². The highest BCUT2D eigenvalue weighted by Crippen LogP contribution is 2.45. The second kappa shape index (κ2) is 6.50. The summed E-state index contributed by atoms with van der Waals surface area (Å²) in [4.78, 5) is 21.0. The van der Waals surface area contributed by atoms with Gasteiger partial charge in [-0.25, -0.2) is 4.98 Å². The monoisotopic (exact) mass is 359 g/mol. The summed E-state index contributed by atoms with van der Waals surface area (Å²) in [5.74, 6) is 0.889. The predicted octanol–water partition coefficient (Wildman–Crippen LogP) is 2.29. The average molecular weight is 359 g/mol. The van der Waals surface area contributed by atoms with Gasteiger partial charge in [0.15, 0.2) is 0 Å². The van der Waals surface area contributed by atoms with E-state index in [9.17, 15) is 9.90 Å². The number of aliphatic hydroxyl groups excluding tert-OH is 1. The lowest BCUT2D eigenvalue weighted by Gasteiger charge is -2.34. The Morgan fingerprint density at radius 3 is 2.65 bits per heavy atom. The van der Waals surface area contributed by atoms with Crippen LogP contribution in [0.2, 0.25) is 0 Å². The predicted molar refractivity (Wildman–Crippen MR) is 99.4 cm³/mol. The van der Waals surface area contributed by atoms with E-state index in [4.69, 9.17) is 9.72 Å². The standard InChI is InChI=1S/C20H29N3O3/c1-13-10-15-17(16(11-24)22(3)19(15)25)21-18(13)23-8-4-14(5-9-23)26-12-20(2)6-7-20/h10,14,16,24H,4-9,11-12H2,1-3H3/t16-/m1/s1. The maximum atomic E-state index is 12.4. The Bertz CT molecular complexity index is 708. The summed E-state index contributed by atoms with van der Waals surface area (Å²) in [5.41, 5.74) is 2.80. The number of aryl methyl sites for hydroxylation is 1. The van der Waals surface area contributed by atoms with E-state index in [1.165, 1.54) is 12.8 Å². The Kier molecular flexibility index (Phi) is 4.43. The molecule has 6 nitrogen and oxygen atoms in total. The third kappa shape index (κ3) is 3.09. The van der Waals surface area contributed by atoms with Gasteiger partial charge in [0.25, 0.3) is 5.91 Å². The van der Waals surface area contributed by atoms with Gasteiger partial charge >= 0.3 is 0 Å². The minimum Gasteiger partial charge on any atom is -0.394 e. The Morgan fingerprint density at radius 2 is 2.04 bits per heavy atom. The second-order valence-corrected chi connectivity index (χ2v) is 8.48. The Labute approximate surface area is 155 Å². The Morgan fingerprint density at radius 1 is 1.35 bits per heavy atom. The van der Waals surface area contributed by atoms with Crippen molar-refractivity contribution in [2.75, 3.05) is 38.3 Å². The van der Waals surface area contributed by atoms with Crippen LogP contribution < -0.4 is 4.90 Å². The fourth-order valence-electron chi connectivity index (χ4n) is 4.00. The molecule has 1 aromatic heterocycles. The van der Waals surface area contributed by atoms with Gasteiger partial charge in [0.05, 0.1) is 36.6 Å². The van der Waals surface area contributed by atoms with Crippen LogP contribution in [-0.2, 0) is 4.74 Å². The van der Waals surface area contributed by atoms with Crippen LogP contribution >= 0.6 is 0 Å². The second-order valence-electron chi connectivity index (χ2n) is 8.48. The zero-order chi connectivity index (χ0) is 18.5. The first-order valence-corrected chi connectivity index (χ1v) is 9.68. The molecule has 6 heteroatoms. The molecule has 3 heterocycles. The van der Waals surface area contributed by atoms with Crippen LogP contribution in [0.5, 0.6) is 0 Å². The summed E-state index contributed by atoms with van der Waals surface area (Å²) >= 11 is 0. The van der Waals surface area contributed by atoms with Gasteiger partial charge in [0.1, 0.15) is 5.82 Å². The van der Waals surface area contributed by atoms with Crippen molar-refractivity contribution in [1.82, 2.24) is 9.88 Å². The summed E-state index contributed by atoms with van der Waals surface area (Å²) in [6.07, 6.45) is 4.95. The van der Waals surface area contributed by atoms with E-state index in [0.29, 0.717) is 22.8 Å². The number of aliphatic hydroxyl groups is 1. The SMILES string of the molecule is Cc1cc2c(nc1N1CCC(OCC3(C)CC3)CC1)[C@@H](CO)N(C)C2=O. The number of nitrogens with zero attached hydrogens (tertiary/aromatic N) is 3. The fourth-order valence-corrected chi connectivity index (χ4v) is 4.00. The van der Waals surface area contributed by atoms with Gasteiger partial charge in [-0.3, -0.25) is 4.79 Å². The molecule has 142 valence electrons. The highest BCUT2D eigenvalue weighted by atomic mass is 16.5. The van der Waals surface area contributed by atoms with Gasteiger partial charge in [-0.1, -0.05) is 6.92 Å². The van der Waals surface area contributed by atoms with E-state index in [-0.39, 0.29) is 18.6 Å². The van der Waals surface area contributed by atoms with Gasteiger partial charge in [-0.2, -0.15) is 0 Å². The molecule has 3 aliphatic rings. The summed E-state index contributed by atoms with van der Waals surface area (Å²) in [5, 5.41) is 9.67. The lowest BCUT2D eigenvalue weighted by atomic mass is 10.0. The molecule has 1 N–H and O–H groups in total. The summed E-state index contributed by atoms with van der Waals surface area (Å²) in [6, 6.07) is 1.60. The lowest BCUT2D eigenvalue weighted by molar-refractivity contribution is 0.0126. The molecule has 0 spiro atoms. The number of carbonyl (C=O) groups is 1. The number of fused-ring (bicyclic) bond motifs is 1. The minimum absolute atomic E-state index is 0.0538. The molecule has 1 atom stereocenters. The molecule has 0 bridgehead atoms. The number of anilines is 1. The van der Waals surface area contributed by atoms with E-state index in [1.54, 1.807) is 11.9 Å². The normalized spacial score (nSPS) is 24.9. The molecule has 2 aliphatic heterocycles. The molecule has 0 radical (unpaired) electrons. The summed E-state index contributed by atoms with van der Waals surface area (Å²) in [7, 11) is 1.73. The Balaban J connectivity index is 1.46. The van der Waals surface area contributed by atoms with Gasteiger partial charge in [0.2, 0.25) is 0 Å². The number of hydrogen-bond acceptors (Lipinski definition) is 5. The highest BCUT2D eigenvalue weighted by molar-refractivity contribution is 5.99. The van der Waals surface area contributed by atoms with Crippen LogP contribution in [0.4, 0.5) is 5.82 Å². The number of hydrogen-bond donors (Lipinski definition) is 1. The van der Waals surface area contributed by atoms with Crippen LogP contribution in [0.1, 0.15) is 60.3 Å². The van der Waals surface area contributed by atoms with Crippen LogP contribution in [0, 0.1) is 12.3 Å². The smallest absolute Gasteiger partial charge is 0.256 e. The fraction of sp³-hybridized carbons (Fsp3) is 0.700. The molecule has 4 rings (SSSR count). The number of ether oxygens (including phenoxy) is 1. The van der Waals surface area contributed by atoms with Gasteiger partial charge in [0, 0.05) is 20.1 Å². The van der Waals surface area contributed by atoms with Crippen molar-refractivity contribution in [2.45, 2.75) is 51.7 Å². The van der Waals surface area contributed by atoms with Gasteiger partial charge in [-0.15, -0.1) is 0 Å². The third-order valence-electron chi connectivity index (χ3n) is 6.24. The quantitative estimate of drug-likeness (QED) is 0.874. The topological polar surface area (TPSA) is 65.9 Å². The lowest BCUT2D eigenvalue weighted by Crippen LogP contribution is -2.38. The molecule has 1 aromatic rings. The van der Waals surface area contributed by atoms with E-state index in [2.05, 4.69) is 11.8 Å². The van der Waals surface area contributed by atoms with E-state index >= 15 is 0 Å². The van der Waals surface area contributed by atoms with Crippen molar-refractivity contribution in [1.29, 1.82) is 0 Å². The first-order valence-electron chi connectivity index (χ1n) is 9.68. The van der Waals surface area contributed by atoms with Crippen LogP contribution in [-0.4, -0.2) is 60.4 Å². The van der Waals surface area contributed by atoms with Crippen LogP contribution in [0.15, 0.2) is 6.07 Å². The van der Waals surface area contributed by atoms with Gasteiger partial charge < -0.3 is 19.6 Å². The molecule has 1 amide bonds. The van der Waals surface area contributed by atoms with Crippen molar-refractivity contribution >= 4 is 11.7 Å². The zero-order valence-electron chi connectivity index (χ0n) is 16.0. The maximum Gasteiger partial charge on any atom is 0.256 e. The van der Waals surface area contributed by atoms with Gasteiger partial charge in [-0.05, 0) is 49.7 Å². The van der Waals surface area contributed by atoms with Crippen molar-refractivity contribution < 1.29 is 14.6 Å². The minimum atomic E-state index is -0.336. The molecule has 2 fully saturated rings. The number of amides is 1. The molecular weight excluding hydrogens is 330 g/mol. The Hall–Kier alpha value is -1.66. The molecular formula is C20H29N3O3. The first-order chi connectivity index (χ1) is 12.4. The average Bonchev–Trinajstić information content (AvgIpc) is 3.33. The number of carbonyl (C=O) groups excluding carboxylic acids is 1.